The number of carboxylic acids is 1. The van der Waals surface area contributed by atoms with Crippen LogP contribution < -0.4 is 20.5 Å². The molecule has 0 aromatic heterocycles. The maximum Gasteiger partial charge on any atom is 0.408 e. The first-order valence-electron chi connectivity index (χ1n) is 25.5. The highest BCUT2D eigenvalue weighted by molar-refractivity contribution is 7.87. The topological polar surface area (TPSA) is 296 Å². The van der Waals surface area contributed by atoms with E-state index in [-0.39, 0.29) is 44.2 Å². The summed E-state index contributed by atoms with van der Waals surface area (Å²) in [5.41, 5.74) is -3.98. The summed E-state index contributed by atoms with van der Waals surface area (Å²) in [6.45, 7) is 18.2. The normalized spacial score (nSPS) is 18.9. The van der Waals surface area contributed by atoms with E-state index in [0.717, 1.165) is 94.2 Å². The highest BCUT2D eigenvalue weighted by Gasteiger charge is 2.62. The Morgan fingerprint density at radius 3 is 1.20 bits per heavy atom. The Labute approximate surface area is 444 Å². The van der Waals surface area contributed by atoms with Gasteiger partial charge in [0, 0.05) is 51.9 Å². The minimum absolute atomic E-state index is 0. The molecule has 21 nitrogen and oxygen atoms in total. The van der Waals surface area contributed by atoms with E-state index in [1.54, 1.807) is 41.5 Å². The van der Waals surface area contributed by atoms with E-state index in [0.29, 0.717) is 32.2 Å². The number of hydrogen-bond acceptors (Lipinski definition) is 14. The molecule has 23 heteroatoms. The number of carboxylic acid groups (broad SMARTS) is 1. The highest BCUT2D eigenvalue weighted by Crippen LogP contribution is 2.45. The number of amides is 3. The van der Waals surface area contributed by atoms with Gasteiger partial charge in [0.25, 0.3) is 16.1 Å². The van der Waals surface area contributed by atoms with E-state index in [9.17, 15) is 45.6 Å². The van der Waals surface area contributed by atoms with E-state index >= 15 is 0 Å². The molecular formula is C51H96N6O15S2. The molecule has 2 saturated carbocycles. The highest BCUT2D eigenvalue weighted by atomic mass is 32.2. The number of rotatable bonds is 33. The number of ether oxygens (including phenoxy) is 4. The van der Waals surface area contributed by atoms with Crippen LogP contribution in [0.1, 0.15) is 190 Å². The molecule has 0 heterocycles. The molecule has 2 aliphatic rings. The minimum atomic E-state index is -4.05. The Hall–Kier alpha value is -4.32. The predicted molar refractivity (Wildman–Crippen MR) is 287 cm³/mol. The summed E-state index contributed by atoms with van der Waals surface area (Å²) in [6.07, 6.45) is 21.8. The molecule has 2 rings (SSSR count). The van der Waals surface area contributed by atoms with Gasteiger partial charge in [-0.2, -0.15) is 25.4 Å². The van der Waals surface area contributed by atoms with Crippen molar-refractivity contribution in [3.05, 3.63) is 25.3 Å². The summed E-state index contributed by atoms with van der Waals surface area (Å²) in [4.78, 5) is 69.5. The van der Waals surface area contributed by atoms with Crippen LogP contribution in [0.3, 0.4) is 0 Å². The quantitative estimate of drug-likeness (QED) is 0.0179. The van der Waals surface area contributed by atoms with Crippen molar-refractivity contribution in [1.29, 1.82) is 0 Å². The number of methoxy groups -OCH3 is 2. The molecule has 3 amide bonds. The van der Waals surface area contributed by atoms with Crippen LogP contribution in [0.15, 0.2) is 25.3 Å². The van der Waals surface area contributed by atoms with Crippen LogP contribution in [0.4, 0.5) is 9.59 Å². The second-order valence-corrected chi connectivity index (χ2v) is 24.2. The fourth-order valence-electron chi connectivity index (χ4n) is 7.44. The number of nitrogens with two attached hydrogens (primary N) is 1. The Morgan fingerprint density at radius 1 is 0.595 bits per heavy atom. The smallest absolute Gasteiger partial charge is 0.408 e. The molecule has 0 saturated heterocycles. The number of carbonyl (C=O) groups excluding carboxylic acids is 5. The van der Waals surface area contributed by atoms with Crippen molar-refractivity contribution in [2.45, 2.75) is 213 Å². The van der Waals surface area contributed by atoms with Crippen molar-refractivity contribution in [2.75, 3.05) is 41.4 Å². The fraction of sp³-hybridized carbons (Fsp3) is 0.804. The van der Waals surface area contributed by atoms with E-state index in [4.69, 9.17) is 19.7 Å². The molecule has 2 fully saturated rings. The van der Waals surface area contributed by atoms with Crippen LogP contribution >= 0.6 is 0 Å². The summed E-state index contributed by atoms with van der Waals surface area (Å²) in [5, 5.41) is 19.0. The standard InChI is InChI=1S/C25H45N3O7S.C14H30N2O4S.C11H17NO4.CH4/c1-7-20-19-25(20,26-23(31)35-24(2,3)4)22(30)27-36(32,33)28(5)18-16-14-12-10-8-9-11-13-15-17-21(29)34-6;1-16(21(15,18)19)13-11-9-7-5-3-4-6-8-10-12-14(17)20-2;1-5-7-6-11(7,8(13)14)12-9(15)16-10(2,3)4;/h7,20H,1,8-19H2,2-6H3,(H,26,31)(H,27,30);3-13H2,1-2H3,(H2,15,18,19);5,7H,1,6H2,2-4H3,(H,12,15)(H,13,14);1H4/t20-,25-;;7-,11-;/m1.1./s1. The molecule has 6 N–H and O–H groups in total. The van der Waals surface area contributed by atoms with E-state index in [1.165, 1.54) is 64.0 Å². The van der Waals surface area contributed by atoms with Crippen molar-refractivity contribution in [1.82, 2.24) is 24.0 Å². The van der Waals surface area contributed by atoms with Gasteiger partial charge in [-0.3, -0.25) is 14.4 Å². The third-order valence-corrected chi connectivity index (χ3v) is 14.6. The third kappa shape index (κ3) is 30.9. The molecule has 0 spiro atoms. The van der Waals surface area contributed by atoms with Crippen LogP contribution in [0.5, 0.6) is 0 Å². The zero-order chi connectivity index (χ0) is 56.1. The Bertz CT molecular complexity index is 1970. The second kappa shape index (κ2) is 35.1. The molecule has 0 aromatic rings. The molecule has 0 bridgehead atoms. The lowest BCUT2D eigenvalue weighted by molar-refractivity contribution is -0.141. The fourth-order valence-corrected chi connectivity index (χ4v) is 8.77. The second-order valence-electron chi connectivity index (χ2n) is 20.7. The van der Waals surface area contributed by atoms with Crippen LogP contribution in [0, 0.1) is 11.8 Å². The van der Waals surface area contributed by atoms with E-state index < -0.39 is 66.8 Å². The van der Waals surface area contributed by atoms with Crippen molar-refractivity contribution in [3.63, 3.8) is 0 Å². The van der Waals surface area contributed by atoms with Crippen LogP contribution in [-0.2, 0) is 58.5 Å². The largest absolute Gasteiger partial charge is 0.479 e. The first-order chi connectivity index (χ1) is 33.9. The molecule has 74 heavy (non-hydrogen) atoms. The van der Waals surface area contributed by atoms with Gasteiger partial charge in [0.05, 0.1) is 14.2 Å². The molecule has 432 valence electrons. The van der Waals surface area contributed by atoms with Gasteiger partial charge in [0.15, 0.2) is 0 Å². The Kier molecular flexibility index (Phi) is 34.0. The molecule has 0 radical (unpaired) electrons. The van der Waals surface area contributed by atoms with Crippen LogP contribution in [-0.4, -0.2) is 130 Å². The molecule has 4 atom stereocenters. The monoisotopic (exact) mass is 1100 g/mol. The number of alkyl carbamates (subject to hydrolysis) is 2. The van der Waals surface area contributed by atoms with Gasteiger partial charge in [0.1, 0.15) is 22.3 Å². The average molecular weight is 1100 g/mol. The Balaban J connectivity index is 0. The number of nitrogens with zero attached hydrogens (tertiary/aromatic N) is 2. The van der Waals surface area contributed by atoms with Crippen LogP contribution in [0.2, 0.25) is 0 Å². The van der Waals surface area contributed by atoms with E-state index in [2.05, 4.69) is 38.0 Å². The number of carbonyl (C=O) groups is 6. The summed E-state index contributed by atoms with van der Waals surface area (Å²) in [7, 11) is -1.82. The van der Waals surface area contributed by atoms with Crippen molar-refractivity contribution < 1.29 is 69.7 Å². The number of esters is 2. The summed E-state index contributed by atoms with van der Waals surface area (Å²) >= 11 is 0. The lowest BCUT2D eigenvalue weighted by Crippen LogP contribution is -2.54. The third-order valence-electron chi connectivity index (χ3n) is 12.1. The minimum Gasteiger partial charge on any atom is -0.479 e. The van der Waals surface area contributed by atoms with Gasteiger partial charge < -0.3 is 34.7 Å². The van der Waals surface area contributed by atoms with Crippen molar-refractivity contribution >= 4 is 56.4 Å². The van der Waals surface area contributed by atoms with Gasteiger partial charge in [-0.05, 0) is 80.1 Å². The Morgan fingerprint density at radius 2 is 0.905 bits per heavy atom. The number of hydrogen-bond donors (Lipinski definition) is 5. The molecule has 0 unspecified atom stereocenters. The first-order valence-corrected chi connectivity index (χ1v) is 28.5. The molecular weight excluding hydrogens is 1000 g/mol. The van der Waals surface area contributed by atoms with Gasteiger partial charge in [-0.15, -0.1) is 13.2 Å². The predicted octanol–water partition coefficient (Wildman–Crippen LogP) is 8.19. The molecule has 2 aliphatic carbocycles. The van der Waals surface area contributed by atoms with Gasteiger partial charge in [-0.25, -0.2) is 24.2 Å². The summed E-state index contributed by atoms with van der Waals surface area (Å²) in [6, 6.07) is 0. The molecule has 0 aliphatic heterocycles. The van der Waals surface area contributed by atoms with Gasteiger partial charge >= 0.3 is 40.3 Å². The zero-order valence-corrected chi connectivity index (χ0v) is 47.3. The zero-order valence-electron chi connectivity index (χ0n) is 45.6. The van der Waals surface area contributed by atoms with Gasteiger partial charge in [-0.1, -0.05) is 109 Å². The lowest BCUT2D eigenvalue weighted by atomic mass is 10.1. The van der Waals surface area contributed by atoms with E-state index in [1.807, 2.05) is 0 Å². The maximum absolute atomic E-state index is 12.9. The molecule has 0 aromatic carbocycles. The first kappa shape index (κ1) is 71.8. The lowest BCUT2D eigenvalue weighted by Gasteiger charge is -2.24. The van der Waals surface area contributed by atoms with Crippen molar-refractivity contribution in [2.24, 2.45) is 17.0 Å². The number of nitrogens with one attached hydrogen (secondary N) is 3. The average Bonchev–Trinajstić information content (AvgIpc) is 4.19. The number of aliphatic carboxylic acids is 1. The van der Waals surface area contributed by atoms with Crippen LogP contribution in [0.25, 0.3) is 0 Å². The maximum atomic E-state index is 12.9. The summed E-state index contributed by atoms with van der Waals surface area (Å²) in [5.74, 6) is -2.73. The van der Waals surface area contributed by atoms with Gasteiger partial charge in [0.2, 0.25) is 0 Å². The summed E-state index contributed by atoms with van der Waals surface area (Å²) < 4.78 is 71.1. The number of unbranched alkanes of at least 4 members (excludes halogenated alkanes) is 16. The SMILES string of the molecule is C.C=C[C@@H]1C[C@]1(NC(=O)OC(C)(C)C)C(=O)NS(=O)(=O)N(C)CCCCCCCCCCCC(=O)OC.C=C[C@@H]1C[C@]1(NC(=O)OC(C)(C)C)C(=O)O.COC(=O)CCCCCCCCCCCN(C)S(N)(=O)=O. The van der Waals surface area contributed by atoms with Crippen molar-refractivity contribution in [3.8, 4) is 0 Å².